The first-order chi connectivity index (χ1) is 37.1. The molecular formula is C49H45Cl2F8N13O7. The molecule has 6 aromatic rings. The van der Waals surface area contributed by atoms with E-state index >= 15 is 0 Å². The molecule has 30 heteroatoms. The first-order valence-corrected chi connectivity index (χ1v) is 24.0. The van der Waals surface area contributed by atoms with Gasteiger partial charge in [-0.3, -0.25) is 14.4 Å². The summed E-state index contributed by atoms with van der Waals surface area (Å²) >= 11 is 11.9. The molecular weight excluding hydrogens is 1110 g/mol. The smallest absolute Gasteiger partial charge is 0.422 e. The lowest BCUT2D eigenvalue weighted by Gasteiger charge is -2.25. The minimum absolute atomic E-state index is 0.0126. The zero-order valence-electron chi connectivity index (χ0n) is 41.2. The molecule has 0 atom stereocenters. The van der Waals surface area contributed by atoms with E-state index in [0.717, 1.165) is 29.3 Å². The number of benzene rings is 4. The molecule has 2 aromatic heterocycles. The summed E-state index contributed by atoms with van der Waals surface area (Å²) in [6.07, 6.45) is -6.47. The second-order valence-electron chi connectivity index (χ2n) is 18.6. The summed E-state index contributed by atoms with van der Waals surface area (Å²) in [5, 5.41) is 26.5. The van der Waals surface area contributed by atoms with E-state index in [1.54, 1.807) is 38.1 Å². The standard InChI is InChI=1S/C28H29ClF4N8O4.C21H16ClF4N5O3/c1-26(2,13-36-22(44)20(34)42)12-35-21(43)18-8-7-17(11-19(18)30)37-23-38-24(40-25(39-23)45-14-28(31,32)33)41-27(9-10-27)15-3-5-16(29)6-4-15;22-12-3-1-11(2-4-12)20(7-8-20)31-18-28-17(29-19(30-18)34-10-21(24,25)26)27-13-5-6-14(16(32)33)15(23)9-13/h3-8,11H,9-10,12-14H2,1-2H3,(H2,34,42)(H,35,43)(H,36,44)(H2,37,38,39,40,41);1-6,9H,7-8,10H2,(H,32,33)(H2,27,28,29,30,31). The minimum atomic E-state index is -4.65. The zero-order valence-corrected chi connectivity index (χ0v) is 42.7. The van der Waals surface area contributed by atoms with Crippen molar-refractivity contribution < 1.29 is 68.9 Å². The summed E-state index contributed by atoms with van der Waals surface area (Å²) in [7, 11) is 0. The van der Waals surface area contributed by atoms with E-state index in [1.165, 1.54) is 18.2 Å². The van der Waals surface area contributed by atoms with E-state index in [1.807, 2.05) is 24.3 Å². The molecule has 0 bridgehead atoms. The Labute approximate surface area is 452 Å². The fourth-order valence-corrected chi connectivity index (χ4v) is 7.48. The Morgan fingerprint density at radius 3 is 1.35 bits per heavy atom. The number of nitrogens with zero attached hydrogens (tertiary/aromatic N) is 6. The van der Waals surface area contributed by atoms with Gasteiger partial charge in [0.1, 0.15) is 11.6 Å². The molecule has 2 aliphatic carbocycles. The van der Waals surface area contributed by atoms with Gasteiger partial charge in [-0.15, -0.1) is 0 Å². The van der Waals surface area contributed by atoms with Gasteiger partial charge < -0.3 is 52.2 Å². The molecule has 20 nitrogen and oxygen atoms in total. The molecule has 2 heterocycles. The maximum Gasteiger partial charge on any atom is 0.422 e. The lowest BCUT2D eigenvalue weighted by molar-refractivity contribution is -0.155. The van der Waals surface area contributed by atoms with Gasteiger partial charge in [0.05, 0.1) is 22.2 Å². The molecule has 9 N–H and O–H groups in total. The lowest BCUT2D eigenvalue weighted by atomic mass is 9.93. The van der Waals surface area contributed by atoms with E-state index < -0.39 is 95.0 Å². The highest BCUT2D eigenvalue weighted by Gasteiger charge is 2.46. The van der Waals surface area contributed by atoms with Crippen LogP contribution in [0.5, 0.6) is 12.0 Å². The number of nitrogens with two attached hydrogens (primary N) is 1. The third-order valence-corrected chi connectivity index (χ3v) is 12.1. The van der Waals surface area contributed by atoms with Crippen molar-refractivity contribution in [3.05, 3.63) is 129 Å². The van der Waals surface area contributed by atoms with Gasteiger partial charge in [0.25, 0.3) is 5.91 Å². The third kappa shape index (κ3) is 16.8. The number of carbonyl (C=O) groups is 4. The number of carboxylic acids is 1. The van der Waals surface area contributed by atoms with Crippen LogP contribution in [0.2, 0.25) is 10.0 Å². The number of hydrogen-bond acceptors (Lipinski definition) is 16. The zero-order chi connectivity index (χ0) is 57.5. The number of anilines is 6. The SMILES string of the molecule is CC(C)(CNC(=O)C(N)=O)CNC(=O)c1ccc(Nc2nc(NC3(c4ccc(Cl)cc4)CC3)nc(OCC(F)(F)F)n2)cc1F.O=C(O)c1ccc(Nc2nc(NC3(c4ccc(Cl)cc4)CC3)nc(OCC(F)(F)F)n2)cc1F. The monoisotopic (exact) mass is 1150 g/mol. The molecule has 3 amide bonds. The number of primary amides is 1. The van der Waals surface area contributed by atoms with Crippen molar-refractivity contribution in [3.8, 4) is 12.0 Å². The Bertz CT molecular complexity index is 3230. The second kappa shape index (κ2) is 23.7. The van der Waals surface area contributed by atoms with Crippen LogP contribution in [0.4, 0.5) is 70.3 Å². The molecule has 0 radical (unpaired) electrons. The van der Waals surface area contributed by atoms with Crippen molar-refractivity contribution in [1.29, 1.82) is 0 Å². The molecule has 0 aliphatic heterocycles. The molecule has 79 heavy (non-hydrogen) atoms. The Hall–Kier alpha value is -8.40. The Morgan fingerprint density at radius 2 is 0.987 bits per heavy atom. The lowest BCUT2D eigenvalue weighted by Crippen LogP contribution is -2.45. The van der Waals surface area contributed by atoms with Crippen LogP contribution in [0, 0.1) is 17.0 Å². The molecule has 0 spiro atoms. The second-order valence-corrected chi connectivity index (χ2v) is 19.5. The van der Waals surface area contributed by atoms with Crippen molar-refractivity contribution in [1.82, 2.24) is 40.5 Å². The van der Waals surface area contributed by atoms with E-state index in [-0.39, 0.29) is 53.8 Å². The average molecular weight is 1150 g/mol. The van der Waals surface area contributed by atoms with Crippen molar-refractivity contribution in [2.24, 2.45) is 11.1 Å². The predicted octanol–water partition coefficient (Wildman–Crippen LogP) is 8.96. The van der Waals surface area contributed by atoms with Crippen LogP contribution in [-0.2, 0) is 20.7 Å². The average Bonchev–Trinajstić information content (AvgIpc) is 4.45. The fraction of sp³-hybridized carbons (Fsp3) is 0.306. The van der Waals surface area contributed by atoms with Gasteiger partial charge in [0.15, 0.2) is 13.2 Å². The molecule has 2 fully saturated rings. The van der Waals surface area contributed by atoms with Gasteiger partial charge in [-0.25, -0.2) is 13.6 Å². The van der Waals surface area contributed by atoms with E-state index in [9.17, 15) is 54.3 Å². The van der Waals surface area contributed by atoms with Crippen molar-refractivity contribution in [2.45, 2.75) is 63.0 Å². The maximum atomic E-state index is 15.0. The predicted molar refractivity (Wildman–Crippen MR) is 269 cm³/mol. The number of ether oxygens (including phenoxy) is 2. The summed E-state index contributed by atoms with van der Waals surface area (Å²) < 4.78 is 115. The third-order valence-electron chi connectivity index (χ3n) is 11.6. The first-order valence-electron chi connectivity index (χ1n) is 23.3. The highest BCUT2D eigenvalue weighted by molar-refractivity contribution is 6.34. The van der Waals surface area contributed by atoms with E-state index in [0.29, 0.717) is 35.7 Å². The van der Waals surface area contributed by atoms with Crippen LogP contribution in [0.1, 0.15) is 71.4 Å². The van der Waals surface area contributed by atoms with Crippen molar-refractivity contribution >= 4 is 82.1 Å². The highest BCUT2D eigenvalue weighted by atomic mass is 35.5. The van der Waals surface area contributed by atoms with E-state index in [2.05, 4.69) is 66.5 Å². The van der Waals surface area contributed by atoms with Gasteiger partial charge in [-0.2, -0.15) is 56.2 Å². The Kier molecular flexibility index (Phi) is 17.5. The number of aromatic carboxylic acids is 1. The number of carboxylic acid groups (broad SMARTS) is 1. The minimum Gasteiger partial charge on any atom is -0.478 e. The number of aromatic nitrogens is 6. The number of halogens is 10. The van der Waals surface area contributed by atoms with Gasteiger partial charge in [-0.1, -0.05) is 61.3 Å². The summed E-state index contributed by atoms with van der Waals surface area (Å²) in [6, 6.07) is 19.6. The van der Waals surface area contributed by atoms with Gasteiger partial charge in [-0.05, 0) is 103 Å². The fourth-order valence-electron chi connectivity index (χ4n) is 7.23. The van der Waals surface area contributed by atoms with Crippen molar-refractivity contribution in [3.63, 3.8) is 0 Å². The summed E-state index contributed by atoms with van der Waals surface area (Å²) in [5.74, 6) is -6.88. The van der Waals surface area contributed by atoms with Gasteiger partial charge >= 0.3 is 42.2 Å². The largest absolute Gasteiger partial charge is 0.478 e. The number of alkyl halides is 6. The number of hydrogen-bond donors (Lipinski definition) is 8. The molecule has 0 unspecified atom stereocenters. The highest BCUT2D eigenvalue weighted by Crippen LogP contribution is 2.49. The van der Waals surface area contributed by atoms with Gasteiger partial charge in [0.2, 0.25) is 23.8 Å². The molecule has 2 aliphatic rings. The molecule has 4 aromatic carbocycles. The Morgan fingerprint density at radius 1 is 0.595 bits per heavy atom. The van der Waals surface area contributed by atoms with Crippen LogP contribution >= 0.6 is 23.2 Å². The number of rotatable bonds is 20. The van der Waals surface area contributed by atoms with E-state index in [4.69, 9.17) is 38.8 Å². The molecule has 0 saturated heterocycles. The van der Waals surface area contributed by atoms with Crippen LogP contribution < -0.4 is 47.1 Å². The summed E-state index contributed by atoms with van der Waals surface area (Å²) in [4.78, 5) is 69.9. The quantitative estimate of drug-likeness (QED) is 0.0261. The summed E-state index contributed by atoms with van der Waals surface area (Å²) in [6.45, 7) is 0.152. The molecule has 8 rings (SSSR count). The van der Waals surface area contributed by atoms with Crippen LogP contribution in [-0.4, -0.2) is 97.4 Å². The topological polar surface area (TPSA) is 283 Å². The summed E-state index contributed by atoms with van der Waals surface area (Å²) in [5.41, 5.74) is 4.14. The number of carbonyl (C=O) groups excluding carboxylic acids is 3. The normalized spacial score (nSPS) is 14.1. The van der Waals surface area contributed by atoms with Crippen molar-refractivity contribution in [2.75, 3.05) is 47.6 Å². The number of amides is 3. The number of nitrogens with one attached hydrogen (secondary N) is 6. The molecule has 418 valence electrons. The van der Waals surface area contributed by atoms with Crippen LogP contribution in [0.25, 0.3) is 0 Å². The maximum absolute atomic E-state index is 15.0. The Balaban J connectivity index is 0.000000237. The van der Waals surface area contributed by atoms with Crippen LogP contribution in [0.3, 0.4) is 0 Å². The van der Waals surface area contributed by atoms with Crippen LogP contribution in [0.15, 0.2) is 84.9 Å². The molecule has 2 saturated carbocycles. The first kappa shape index (κ1) is 58.3. The van der Waals surface area contributed by atoms with Gasteiger partial charge in [0, 0.05) is 34.5 Å².